The van der Waals surface area contributed by atoms with E-state index in [0.717, 1.165) is 24.0 Å². The van der Waals surface area contributed by atoms with Crippen LogP contribution in [0.5, 0.6) is 17.2 Å². The first-order chi connectivity index (χ1) is 13.0. The summed E-state index contributed by atoms with van der Waals surface area (Å²) in [5.41, 5.74) is 2.24. The van der Waals surface area contributed by atoms with Crippen molar-refractivity contribution in [3.05, 3.63) is 40.4 Å². The zero-order valence-corrected chi connectivity index (χ0v) is 15.4. The molecular weight excluding hydrogens is 348 g/mol. The molecule has 0 unspecified atom stereocenters. The third-order valence-corrected chi connectivity index (χ3v) is 4.68. The van der Waals surface area contributed by atoms with Gasteiger partial charge in [-0.25, -0.2) is 0 Å². The molecule has 1 aromatic heterocycles. The van der Waals surface area contributed by atoms with Crippen molar-refractivity contribution in [2.45, 2.75) is 13.0 Å². The normalized spacial score (nSPS) is 12.1. The van der Waals surface area contributed by atoms with E-state index in [2.05, 4.69) is 4.90 Å². The summed E-state index contributed by atoms with van der Waals surface area (Å²) in [5.74, 6) is 1.48. The summed E-state index contributed by atoms with van der Waals surface area (Å²) in [4.78, 5) is 13.2. The zero-order valence-electron chi connectivity index (χ0n) is 15.4. The fourth-order valence-electron chi connectivity index (χ4n) is 3.39. The van der Waals surface area contributed by atoms with Gasteiger partial charge < -0.3 is 14.4 Å². The van der Waals surface area contributed by atoms with Crippen molar-refractivity contribution in [1.29, 1.82) is 0 Å². The quantitative estimate of drug-likeness (QED) is 0.381. The fourth-order valence-corrected chi connectivity index (χ4v) is 3.39. The molecule has 0 N–H and O–H groups in total. The number of nitro groups is 1. The van der Waals surface area contributed by atoms with E-state index in [9.17, 15) is 10.1 Å². The first kappa shape index (κ1) is 17.3. The predicted molar refractivity (Wildman–Crippen MR) is 102 cm³/mol. The molecule has 8 heteroatoms. The molecule has 140 valence electrons. The maximum Gasteiger partial charge on any atom is 0.312 e. The molecule has 1 aliphatic heterocycles. The van der Waals surface area contributed by atoms with E-state index in [1.54, 1.807) is 25.3 Å². The smallest absolute Gasteiger partial charge is 0.312 e. The topological polar surface area (TPSA) is 82.7 Å². The predicted octanol–water partition coefficient (Wildman–Crippen LogP) is 3.68. The first-order valence-corrected chi connectivity index (χ1v) is 8.68. The fraction of sp³-hybridized carbons (Fsp3) is 0.316. The number of nitrogens with zero attached hydrogens (tertiary/aromatic N) is 4. The van der Waals surface area contributed by atoms with Crippen LogP contribution in [-0.4, -0.2) is 47.4 Å². The van der Waals surface area contributed by atoms with Crippen molar-refractivity contribution >= 4 is 16.6 Å². The Morgan fingerprint density at radius 3 is 2.81 bits per heavy atom. The standard InChI is InChI=1S/C19H20N4O4/c1-21(2)9-4-10-22-14-6-7-15(23(24)25)19-17(14)18(20-22)13-11-12(26-3)5-8-16(13)27-19/h5-8,11H,4,9-10H2,1-3H3. The molecular formula is C19H20N4O4. The molecule has 3 aromatic rings. The highest BCUT2D eigenvalue weighted by Gasteiger charge is 2.31. The van der Waals surface area contributed by atoms with Gasteiger partial charge in [-0.05, 0) is 51.3 Å². The lowest BCUT2D eigenvalue weighted by molar-refractivity contribution is -0.385. The van der Waals surface area contributed by atoms with Crippen molar-refractivity contribution in [3.63, 3.8) is 0 Å². The number of methoxy groups -OCH3 is 1. The van der Waals surface area contributed by atoms with Gasteiger partial charge >= 0.3 is 5.69 Å². The van der Waals surface area contributed by atoms with E-state index in [1.807, 2.05) is 24.8 Å². The molecule has 0 saturated carbocycles. The van der Waals surface area contributed by atoms with E-state index in [1.165, 1.54) is 6.07 Å². The van der Waals surface area contributed by atoms with Crippen LogP contribution in [0.4, 0.5) is 5.69 Å². The number of fused-ring (bicyclic) bond motifs is 2. The summed E-state index contributed by atoms with van der Waals surface area (Å²) in [5, 5.41) is 16.9. The van der Waals surface area contributed by atoms with E-state index < -0.39 is 4.92 Å². The third kappa shape index (κ3) is 2.87. The summed E-state index contributed by atoms with van der Waals surface area (Å²) < 4.78 is 13.2. The zero-order chi connectivity index (χ0) is 19.1. The number of ether oxygens (including phenoxy) is 2. The van der Waals surface area contributed by atoms with Crippen LogP contribution >= 0.6 is 0 Å². The van der Waals surface area contributed by atoms with Crippen molar-refractivity contribution in [2.24, 2.45) is 0 Å². The van der Waals surface area contributed by atoms with Gasteiger partial charge in [-0.2, -0.15) is 5.10 Å². The van der Waals surface area contributed by atoms with Gasteiger partial charge in [0, 0.05) is 18.2 Å². The molecule has 0 fully saturated rings. The highest BCUT2D eigenvalue weighted by Crippen LogP contribution is 2.50. The molecule has 0 bridgehead atoms. The van der Waals surface area contributed by atoms with Crippen molar-refractivity contribution in [2.75, 3.05) is 27.7 Å². The van der Waals surface area contributed by atoms with Crippen LogP contribution < -0.4 is 9.47 Å². The Morgan fingerprint density at radius 1 is 1.30 bits per heavy atom. The van der Waals surface area contributed by atoms with Gasteiger partial charge in [-0.3, -0.25) is 14.8 Å². The highest BCUT2D eigenvalue weighted by molar-refractivity contribution is 6.03. The average Bonchev–Trinajstić information content (AvgIpc) is 3.01. The van der Waals surface area contributed by atoms with Crippen LogP contribution in [-0.2, 0) is 6.54 Å². The maximum atomic E-state index is 11.5. The molecule has 2 aromatic carbocycles. The minimum atomic E-state index is -0.420. The summed E-state index contributed by atoms with van der Waals surface area (Å²) in [7, 11) is 5.65. The summed E-state index contributed by atoms with van der Waals surface area (Å²) in [6, 6.07) is 8.61. The molecule has 1 aliphatic rings. The van der Waals surface area contributed by atoms with Crippen LogP contribution in [0.3, 0.4) is 0 Å². The number of aryl methyl sites for hydroxylation is 1. The third-order valence-electron chi connectivity index (χ3n) is 4.68. The Labute approximate surface area is 156 Å². The first-order valence-electron chi connectivity index (χ1n) is 8.68. The Bertz CT molecular complexity index is 1040. The van der Waals surface area contributed by atoms with E-state index in [-0.39, 0.29) is 11.4 Å². The lowest BCUT2D eigenvalue weighted by Crippen LogP contribution is -2.15. The molecule has 0 spiro atoms. The van der Waals surface area contributed by atoms with Gasteiger partial charge in [0.1, 0.15) is 17.2 Å². The molecule has 0 atom stereocenters. The second-order valence-corrected chi connectivity index (χ2v) is 6.76. The molecule has 8 nitrogen and oxygen atoms in total. The number of hydrogen-bond donors (Lipinski definition) is 0. The SMILES string of the molecule is COc1ccc2c(c1)-c1nn(CCCN(C)C)c3ccc([N+](=O)[O-])c(c13)O2. The molecule has 0 saturated heterocycles. The van der Waals surface area contributed by atoms with Crippen molar-refractivity contribution in [1.82, 2.24) is 14.7 Å². The Morgan fingerprint density at radius 2 is 2.11 bits per heavy atom. The lowest BCUT2D eigenvalue weighted by Gasteiger charge is -2.17. The van der Waals surface area contributed by atoms with E-state index in [4.69, 9.17) is 14.6 Å². The van der Waals surface area contributed by atoms with Crippen LogP contribution in [0.25, 0.3) is 22.2 Å². The van der Waals surface area contributed by atoms with E-state index >= 15 is 0 Å². The Balaban J connectivity index is 1.91. The Kier molecular flexibility index (Phi) is 4.19. The van der Waals surface area contributed by atoms with Crippen LogP contribution in [0.1, 0.15) is 6.42 Å². The molecule has 0 amide bonds. The average molecular weight is 368 g/mol. The largest absolute Gasteiger partial charge is 0.497 e. The van der Waals surface area contributed by atoms with Crippen molar-refractivity contribution in [3.8, 4) is 28.5 Å². The van der Waals surface area contributed by atoms with Gasteiger partial charge in [0.25, 0.3) is 0 Å². The second kappa shape index (κ2) is 6.55. The molecule has 4 rings (SSSR count). The van der Waals surface area contributed by atoms with E-state index in [0.29, 0.717) is 29.1 Å². The minimum absolute atomic E-state index is 0.0574. The highest BCUT2D eigenvalue weighted by atomic mass is 16.6. The summed E-state index contributed by atoms with van der Waals surface area (Å²) in [6.07, 6.45) is 0.918. The molecule has 27 heavy (non-hydrogen) atoms. The molecule has 2 heterocycles. The van der Waals surface area contributed by atoms with Gasteiger partial charge in [-0.15, -0.1) is 0 Å². The van der Waals surface area contributed by atoms with Gasteiger partial charge in [-0.1, -0.05) is 0 Å². The summed E-state index contributed by atoms with van der Waals surface area (Å²) in [6.45, 7) is 1.64. The molecule has 0 aliphatic carbocycles. The van der Waals surface area contributed by atoms with Crippen LogP contribution in [0, 0.1) is 10.1 Å². The van der Waals surface area contributed by atoms with Gasteiger partial charge in [0.15, 0.2) is 0 Å². The monoisotopic (exact) mass is 368 g/mol. The summed E-state index contributed by atoms with van der Waals surface area (Å²) >= 11 is 0. The van der Waals surface area contributed by atoms with Gasteiger partial charge in [0.05, 0.1) is 22.9 Å². The number of nitro benzene ring substituents is 1. The number of hydrogen-bond acceptors (Lipinski definition) is 6. The van der Waals surface area contributed by atoms with Crippen molar-refractivity contribution < 1.29 is 14.4 Å². The van der Waals surface area contributed by atoms with Gasteiger partial charge in [0.2, 0.25) is 5.75 Å². The number of rotatable bonds is 6. The molecule has 0 radical (unpaired) electrons. The number of aromatic nitrogens is 2. The van der Waals surface area contributed by atoms with Crippen LogP contribution in [0.2, 0.25) is 0 Å². The Hall–Kier alpha value is -3.13. The second-order valence-electron chi connectivity index (χ2n) is 6.76. The lowest BCUT2D eigenvalue weighted by atomic mass is 10.0. The number of benzene rings is 2. The minimum Gasteiger partial charge on any atom is -0.497 e. The van der Waals surface area contributed by atoms with Crippen LogP contribution in [0.15, 0.2) is 30.3 Å². The maximum absolute atomic E-state index is 11.5.